The van der Waals surface area contributed by atoms with Gasteiger partial charge in [0.15, 0.2) is 0 Å². The third-order valence-corrected chi connectivity index (χ3v) is 5.25. The van der Waals surface area contributed by atoms with Gasteiger partial charge in [0.25, 0.3) is 5.56 Å². The first kappa shape index (κ1) is 16.5. The van der Waals surface area contributed by atoms with E-state index in [0.29, 0.717) is 10.9 Å². The Balaban J connectivity index is 1.40. The predicted octanol–water partition coefficient (Wildman–Crippen LogP) is 3.74. The highest BCUT2D eigenvalue weighted by Gasteiger charge is 2.09. The minimum Gasteiger partial charge on any atom is -0.461 e. The smallest absolute Gasteiger partial charge is 0.307 e. The Kier molecular flexibility index (Phi) is 4.50. The summed E-state index contributed by atoms with van der Waals surface area (Å²) in [6.45, 7) is 0.494. The lowest BCUT2D eigenvalue weighted by Crippen LogP contribution is -2.22. The summed E-state index contributed by atoms with van der Waals surface area (Å²) in [7, 11) is 0. The van der Waals surface area contributed by atoms with E-state index in [1.165, 1.54) is 15.6 Å². The maximum absolute atomic E-state index is 12.4. The molecule has 26 heavy (non-hydrogen) atoms. The number of thiophene rings is 1. The Labute approximate surface area is 153 Å². The zero-order valence-electron chi connectivity index (χ0n) is 13.9. The van der Waals surface area contributed by atoms with Crippen molar-refractivity contribution in [3.05, 3.63) is 76.2 Å². The summed E-state index contributed by atoms with van der Waals surface area (Å²) in [6.07, 6.45) is 1.60. The molecule has 0 radical (unpaired) electrons. The van der Waals surface area contributed by atoms with Crippen LogP contribution in [-0.4, -0.2) is 15.5 Å². The SMILES string of the molecule is O=C(CCn1cnc2ccccc2c1=O)OCc1csc2ccccc12. The quantitative estimate of drug-likeness (QED) is 0.506. The molecule has 0 atom stereocenters. The lowest BCUT2D eigenvalue weighted by Gasteiger charge is -2.07. The molecule has 5 nitrogen and oxygen atoms in total. The number of aromatic nitrogens is 2. The van der Waals surface area contributed by atoms with Crippen molar-refractivity contribution in [2.24, 2.45) is 0 Å². The fourth-order valence-corrected chi connectivity index (χ4v) is 3.80. The molecule has 0 unspecified atom stereocenters. The van der Waals surface area contributed by atoms with E-state index in [1.54, 1.807) is 29.5 Å². The van der Waals surface area contributed by atoms with Gasteiger partial charge in [0, 0.05) is 16.8 Å². The molecule has 6 heteroatoms. The van der Waals surface area contributed by atoms with Crippen LogP contribution in [0.25, 0.3) is 21.0 Å². The molecule has 0 spiro atoms. The monoisotopic (exact) mass is 364 g/mol. The zero-order valence-corrected chi connectivity index (χ0v) is 14.7. The minimum atomic E-state index is -0.333. The molecule has 2 aromatic heterocycles. The third kappa shape index (κ3) is 3.23. The number of nitrogens with zero attached hydrogens (tertiary/aromatic N) is 2. The van der Waals surface area contributed by atoms with Crippen molar-refractivity contribution in [2.75, 3.05) is 0 Å². The van der Waals surface area contributed by atoms with Gasteiger partial charge in [0.05, 0.1) is 23.7 Å². The van der Waals surface area contributed by atoms with Crippen molar-refractivity contribution < 1.29 is 9.53 Å². The molecule has 0 bridgehead atoms. The standard InChI is InChI=1S/C20H16N2O3S/c23-19(25-11-14-12-26-18-8-4-2-5-15(14)18)9-10-22-13-21-17-7-3-1-6-16(17)20(22)24/h1-8,12-13H,9-11H2. The predicted molar refractivity (Wildman–Crippen MR) is 102 cm³/mol. The molecule has 0 aliphatic heterocycles. The number of esters is 1. The highest BCUT2D eigenvalue weighted by molar-refractivity contribution is 7.17. The largest absolute Gasteiger partial charge is 0.461 e. The topological polar surface area (TPSA) is 61.2 Å². The van der Waals surface area contributed by atoms with Gasteiger partial charge in [-0.3, -0.25) is 14.2 Å². The Morgan fingerprint density at radius 2 is 1.85 bits per heavy atom. The summed E-state index contributed by atoms with van der Waals surface area (Å²) in [5, 5.41) is 3.67. The number of carbonyl (C=O) groups is 1. The first-order valence-corrected chi connectivity index (χ1v) is 9.15. The molecule has 0 saturated carbocycles. The van der Waals surface area contributed by atoms with Crippen molar-refractivity contribution >= 4 is 38.3 Å². The van der Waals surface area contributed by atoms with Crippen LogP contribution in [0.3, 0.4) is 0 Å². The van der Waals surface area contributed by atoms with Crippen LogP contribution in [-0.2, 0) is 22.7 Å². The number of hydrogen-bond acceptors (Lipinski definition) is 5. The summed E-state index contributed by atoms with van der Waals surface area (Å²) in [6, 6.07) is 15.2. The molecular weight excluding hydrogens is 348 g/mol. The van der Waals surface area contributed by atoms with Crippen LogP contribution >= 0.6 is 11.3 Å². The van der Waals surface area contributed by atoms with E-state index >= 15 is 0 Å². The second-order valence-corrected chi connectivity index (χ2v) is 6.84. The van der Waals surface area contributed by atoms with Crippen LogP contribution in [0.2, 0.25) is 0 Å². The van der Waals surface area contributed by atoms with Gasteiger partial charge in [-0.15, -0.1) is 11.3 Å². The van der Waals surface area contributed by atoms with Crippen LogP contribution in [0.1, 0.15) is 12.0 Å². The second-order valence-electron chi connectivity index (χ2n) is 5.93. The van der Waals surface area contributed by atoms with E-state index in [-0.39, 0.29) is 31.1 Å². The normalized spacial score (nSPS) is 11.1. The molecule has 0 saturated heterocycles. The van der Waals surface area contributed by atoms with Gasteiger partial charge in [0.2, 0.25) is 0 Å². The highest BCUT2D eigenvalue weighted by Crippen LogP contribution is 2.26. The Morgan fingerprint density at radius 1 is 1.08 bits per heavy atom. The second kappa shape index (κ2) is 7.09. The van der Waals surface area contributed by atoms with Gasteiger partial charge in [0.1, 0.15) is 6.61 Å². The lowest BCUT2D eigenvalue weighted by molar-refractivity contribution is -0.145. The number of ether oxygens (including phenoxy) is 1. The number of benzene rings is 2. The van der Waals surface area contributed by atoms with Gasteiger partial charge >= 0.3 is 5.97 Å². The number of para-hydroxylation sites is 1. The number of rotatable bonds is 5. The fraction of sp³-hybridized carbons (Fsp3) is 0.150. The Hall–Kier alpha value is -2.99. The van der Waals surface area contributed by atoms with E-state index in [1.807, 2.05) is 35.7 Å². The van der Waals surface area contributed by atoms with Crippen molar-refractivity contribution in [2.45, 2.75) is 19.6 Å². The summed E-state index contributed by atoms with van der Waals surface area (Å²) in [4.78, 5) is 28.7. The summed E-state index contributed by atoms with van der Waals surface area (Å²) in [5.41, 5.74) is 1.51. The highest BCUT2D eigenvalue weighted by atomic mass is 32.1. The molecule has 0 amide bonds. The van der Waals surface area contributed by atoms with Crippen LogP contribution in [0.5, 0.6) is 0 Å². The maximum Gasteiger partial charge on any atom is 0.307 e. The molecule has 0 N–H and O–H groups in total. The third-order valence-electron chi connectivity index (χ3n) is 4.24. The van der Waals surface area contributed by atoms with Gasteiger partial charge in [-0.2, -0.15) is 0 Å². The van der Waals surface area contributed by atoms with Gasteiger partial charge < -0.3 is 4.74 Å². The fourth-order valence-electron chi connectivity index (χ4n) is 2.85. The summed E-state index contributed by atoms with van der Waals surface area (Å²) >= 11 is 1.63. The molecule has 130 valence electrons. The molecular formula is C20H16N2O3S. The van der Waals surface area contributed by atoms with E-state index in [4.69, 9.17) is 4.74 Å². The van der Waals surface area contributed by atoms with Crippen LogP contribution in [0, 0.1) is 0 Å². The van der Waals surface area contributed by atoms with Crippen LogP contribution in [0.4, 0.5) is 0 Å². The van der Waals surface area contributed by atoms with Crippen molar-refractivity contribution in [1.82, 2.24) is 9.55 Å². The summed E-state index contributed by atoms with van der Waals surface area (Å²) < 4.78 is 8.00. The van der Waals surface area contributed by atoms with Gasteiger partial charge in [-0.05, 0) is 29.0 Å². The Bertz CT molecular complexity index is 1150. The average molecular weight is 364 g/mol. The molecule has 0 aliphatic carbocycles. The molecule has 0 fully saturated rings. The van der Waals surface area contributed by atoms with Crippen LogP contribution < -0.4 is 5.56 Å². The number of carbonyl (C=O) groups excluding carboxylic acids is 1. The molecule has 4 aromatic rings. The van der Waals surface area contributed by atoms with Crippen molar-refractivity contribution in [3.8, 4) is 0 Å². The average Bonchev–Trinajstić information content (AvgIpc) is 3.09. The first-order valence-electron chi connectivity index (χ1n) is 8.27. The van der Waals surface area contributed by atoms with E-state index in [0.717, 1.165) is 10.9 Å². The van der Waals surface area contributed by atoms with Crippen molar-refractivity contribution in [1.29, 1.82) is 0 Å². The zero-order chi connectivity index (χ0) is 17.9. The number of aryl methyl sites for hydroxylation is 1. The van der Waals surface area contributed by atoms with Crippen molar-refractivity contribution in [3.63, 3.8) is 0 Å². The number of fused-ring (bicyclic) bond motifs is 2. The number of hydrogen-bond donors (Lipinski definition) is 0. The van der Waals surface area contributed by atoms with E-state index < -0.39 is 0 Å². The molecule has 4 rings (SSSR count). The Morgan fingerprint density at radius 3 is 2.73 bits per heavy atom. The van der Waals surface area contributed by atoms with Gasteiger partial charge in [-0.25, -0.2) is 4.98 Å². The molecule has 2 heterocycles. The van der Waals surface area contributed by atoms with E-state index in [2.05, 4.69) is 4.98 Å². The van der Waals surface area contributed by atoms with E-state index in [9.17, 15) is 9.59 Å². The molecule has 0 aliphatic rings. The minimum absolute atomic E-state index is 0.127. The van der Waals surface area contributed by atoms with Gasteiger partial charge in [-0.1, -0.05) is 30.3 Å². The first-order chi connectivity index (χ1) is 12.7. The molecule has 2 aromatic carbocycles. The summed E-state index contributed by atoms with van der Waals surface area (Å²) in [5.74, 6) is -0.333. The lowest BCUT2D eigenvalue weighted by atomic mass is 10.2. The maximum atomic E-state index is 12.4. The van der Waals surface area contributed by atoms with Crippen LogP contribution in [0.15, 0.2) is 65.0 Å².